The Morgan fingerprint density at radius 2 is 1.46 bits per heavy atom. The van der Waals surface area contributed by atoms with Gasteiger partial charge >= 0.3 is 5.97 Å². The third-order valence-electron chi connectivity index (χ3n) is 24.4. The van der Waals surface area contributed by atoms with Gasteiger partial charge in [0.1, 0.15) is 6.10 Å². The first-order valence-corrected chi connectivity index (χ1v) is 27.4. The zero-order valence-corrected chi connectivity index (χ0v) is 42.9. The Kier molecular flexibility index (Phi) is 11.8. The van der Waals surface area contributed by atoms with Crippen LogP contribution in [0.5, 0.6) is 0 Å². The summed E-state index contributed by atoms with van der Waals surface area (Å²) in [4.78, 5) is 27.6. The highest BCUT2D eigenvalue weighted by Crippen LogP contribution is 2.78. The lowest BCUT2D eigenvalue weighted by Crippen LogP contribution is -2.68. The predicted octanol–water partition coefficient (Wildman–Crippen LogP) is 15.1. The number of fused-ring (bicyclic) bond motifs is 12. The molecule has 18 atom stereocenters. The Morgan fingerprint density at radius 3 is 2.17 bits per heavy atom. The highest BCUT2D eigenvalue weighted by Gasteiger charge is 2.72. The molecule has 354 valence electrons. The van der Waals surface area contributed by atoms with Crippen molar-refractivity contribution in [2.24, 2.45) is 103 Å². The van der Waals surface area contributed by atoms with Crippen LogP contribution in [0.2, 0.25) is 0 Å². The van der Waals surface area contributed by atoms with Crippen LogP contribution in [-0.2, 0) is 14.3 Å². The number of hydrogen-bond acceptors (Lipinski definition) is 3. The Bertz CT molecular complexity index is 1830. The number of allylic oxidation sites excluding steroid dienone is 2. The third kappa shape index (κ3) is 6.86. The summed E-state index contributed by atoms with van der Waals surface area (Å²) in [6.45, 7) is 34.4. The van der Waals surface area contributed by atoms with Gasteiger partial charge in [-0.25, -0.2) is 0 Å². The first-order valence-electron chi connectivity index (χ1n) is 27.4. The molecule has 9 aliphatic rings. The van der Waals surface area contributed by atoms with Gasteiger partial charge in [-0.05, 0) is 214 Å². The smallest absolute Gasteiger partial charge is 0.312 e. The van der Waals surface area contributed by atoms with Crippen LogP contribution in [-0.4, -0.2) is 24.0 Å². The Hall–Kier alpha value is -1.58. The molecule has 0 aromatic rings. The average Bonchev–Trinajstić information content (AvgIpc) is 3.78. The number of hydrogen-bond donors (Lipinski definition) is 1. The molecular weight excluding hydrogens is 771 g/mol. The minimum Gasteiger partial charge on any atom is -0.462 e. The molecule has 0 aromatic carbocycles. The van der Waals surface area contributed by atoms with Crippen molar-refractivity contribution in [3.63, 3.8) is 0 Å². The van der Waals surface area contributed by atoms with Crippen molar-refractivity contribution in [3.8, 4) is 0 Å². The Balaban J connectivity index is 0.908. The monoisotopic (exact) mass is 866 g/mol. The fourth-order valence-corrected chi connectivity index (χ4v) is 21.0. The minimum atomic E-state index is -0.373. The lowest BCUT2D eigenvalue weighted by Gasteiger charge is -2.73. The molecule has 0 spiro atoms. The Labute approximate surface area is 386 Å². The first kappa shape index (κ1) is 46.5. The molecule has 0 aromatic heterocycles. The number of carbonyl (C=O) groups excluding carboxylic acids is 2. The molecule has 4 heteroatoms. The van der Waals surface area contributed by atoms with E-state index in [1.807, 2.05) is 0 Å². The molecule has 3 unspecified atom stereocenters. The molecule has 1 amide bonds. The number of ether oxygens (including phenoxy) is 1. The highest BCUT2D eigenvalue weighted by atomic mass is 16.5. The van der Waals surface area contributed by atoms with Crippen LogP contribution in [0.15, 0.2) is 23.8 Å². The van der Waals surface area contributed by atoms with Gasteiger partial charge in [-0.15, -0.1) is 0 Å². The predicted molar refractivity (Wildman–Crippen MR) is 259 cm³/mol. The molecule has 9 aliphatic carbocycles. The van der Waals surface area contributed by atoms with Gasteiger partial charge in [0, 0.05) is 19.4 Å². The number of carbonyl (C=O) groups is 2. The van der Waals surface area contributed by atoms with Gasteiger partial charge < -0.3 is 10.1 Å². The quantitative estimate of drug-likeness (QED) is 0.186. The summed E-state index contributed by atoms with van der Waals surface area (Å²) in [6.07, 6.45) is 28.6. The summed E-state index contributed by atoms with van der Waals surface area (Å²) in [5, 5.41) is 3.39. The second-order valence-corrected chi connectivity index (χ2v) is 27.5. The van der Waals surface area contributed by atoms with E-state index < -0.39 is 0 Å². The van der Waals surface area contributed by atoms with Crippen LogP contribution in [0.1, 0.15) is 218 Å². The fraction of sp³-hybridized carbons (Fsp3) is 0.898. The highest BCUT2D eigenvalue weighted by molar-refractivity contribution is 5.78. The molecule has 9 rings (SSSR count). The second-order valence-electron chi connectivity index (χ2n) is 27.5. The summed E-state index contributed by atoms with van der Waals surface area (Å²) in [5.41, 5.74) is 4.12. The zero-order chi connectivity index (χ0) is 45.3. The van der Waals surface area contributed by atoms with E-state index in [1.54, 1.807) is 12.5 Å². The van der Waals surface area contributed by atoms with Crippen LogP contribution < -0.4 is 5.32 Å². The standard InChI is InChI=1S/C59H95NO3/c1-36(2)15-14-16-38(5)44-19-20-45-43-18-17-40-35-41(23-28-54(40,9)46(43)25-29-55(44,45)10)63-52(62)59-32-24-42(37(3)4)51(59)47-21-22-49-56(11)30-27-50(60-39(6)61)53(7,8)48(56)26-31-58(49,13)57(47,12)33-34-59/h17,36,38,41-51H,3,14-16,18-35H2,1-2,4-13H3,(H,60,61)/t38-,41+,42+,43+,44-,45+,46+,47-,48?,49-,50?,51?,54+,55-,56+,57-,58-,59+/m1/s1. The zero-order valence-electron chi connectivity index (χ0n) is 42.9. The van der Waals surface area contributed by atoms with Gasteiger partial charge in [0.2, 0.25) is 5.91 Å². The lowest BCUT2D eigenvalue weighted by atomic mass is 9.32. The van der Waals surface area contributed by atoms with Crippen molar-refractivity contribution in [3.05, 3.63) is 23.8 Å². The van der Waals surface area contributed by atoms with Crippen LogP contribution in [0.3, 0.4) is 0 Å². The summed E-state index contributed by atoms with van der Waals surface area (Å²) >= 11 is 0. The van der Waals surface area contributed by atoms with Gasteiger partial charge in [-0.2, -0.15) is 0 Å². The van der Waals surface area contributed by atoms with Crippen molar-refractivity contribution < 1.29 is 14.3 Å². The largest absolute Gasteiger partial charge is 0.462 e. The molecule has 4 nitrogen and oxygen atoms in total. The number of rotatable bonds is 9. The van der Waals surface area contributed by atoms with Crippen molar-refractivity contribution in [2.45, 2.75) is 230 Å². The van der Waals surface area contributed by atoms with E-state index >= 15 is 4.79 Å². The molecular formula is C59H95NO3. The van der Waals surface area contributed by atoms with Crippen molar-refractivity contribution in [1.29, 1.82) is 0 Å². The van der Waals surface area contributed by atoms with Gasteiger partial charge in [0.25, 0.3) is 0 Å². The lowest BCUT2D eigenvalue weighted by molar-refractivity contribution is -0.241. The van der Waals surface area contributed by atoms with Gasteiger partial charge in [-0.1, -0.05) is 112 Å². The topological polar surface area (TPSA) is 55.4 Å². The van der Waals surface area contributed by atoms with Gasteiger partial charge in [-0.3, -0.25) is 9.59 Å². The molecule has 8 fully saturated rings. The van der Waals surface area contributed by atoms with Crippen molar-refractivity contribution in [1.82, 2.24) is 5.32 Å². The molecule has 63 heavy (non-hydrogen) atoms. The summed E-state index contributed by atoms with van der Waals surface area (Å²) < 4.78 is 7.02. The number of amides is 1. The summed E-state index contributed by atoms with van der Waals surface area (Å²) in [5.74, 6) is 7.91. The van der Waals surface area contributed by atoms with E-state index in [-0.39, 0.29) is 56.5 Å². The van der Waals surface area contributed by atoms with Crippen LogP contribution >= 0.6 is 0 Å². The maximum absolute atomic E-state index is 15.3. The molecule has 0 saturated heterocycles. The van der Waals surface area contributed by atoms with Crippen LogP contribution in [0.25, 0.3) is 0 Å². The molecule has 1 N–H and O–H groups in total. The SMILES string of the molecule is C=C(C)[C@@H]1CC[C@]2(C(=O)O[C@H]3CC[C@@]4(C)C(=CC[C@H]5[C@@H]6CC[C@H]([C@H](C)CCCC(C)C)[C@@]6(C)CC[C@@H]54)C3)CC[C@]3(C)[C@H](CC[C@@H]4[C@@]5(C)CCC(NC(C)=O)C(C)(C)C5CC[C@]43C)C12. The molecule has 0 bridgehead atoms. The summed E-state index contributed by atoms with van der Waals surface area (Å²) in [7, 11) is 0. The van der Waals surface area contributed by atoms with Gasteiger partial charge in [0.05, 0.1) is 5.41 Å². The van der Waals surface area contributed by atoms with Crippen LogP contribution in [0.4, 0.5) is 0 Å². The number of esters is 1. The van der Waals surface area contributed by atoms with E-state index in [9.17, 15) is 4.79 Å². The third-order valence-corrected chi connectivity index (χ3v) is 24.4. The first-order chi connectivity index (χ1) is 29.6. The normalized spacial score (nSPS) is 50.0. The number of nitrogens with one attached hydrogen (secondary N) is 1. The molecule has 0 radical (unpaired) electrons. The van der Waals surface area contributed by atoms with Crippen LogP contribution in [0, 0.1) is 103 Å². The molecule has 8 saturated carbocycles. The van der Waals surface area contributed by atoms with E-state index in [0.717, 1.165) is 80.5 Å². The van der Waals surface area contributed by atoms with Crippen molar-refractivity contribution in [2.75, 3.05) is 0 Å². The molecule has 0 heterocycles. The molecule has 0 aliphatic heterocycles. The van der Waals surface area contributed by atoms with E-state index in [2.05, 4.69) is 94.1 Å². The summed E-state index contributed by atoms with van der Waals surface area (Å²) in [6, 6.07) is 0.256. The fourth-order valence-electron chi connectivity index (χ4n) is 21.0. The Morgan fingerprint density at radius 1 is 0.730 bits per heavy atom. The average molecular weight is 866 g/mol. The van der Waals surface area contributed by atoms with E-state index in [4.69, 9.17) is 4.74 Å². The van der Waals surface area contributed by atoms with Gasteiger partial charge in [0.15, 0.2) is 0 Å². The minimum absolute atomic E-state index is 0.0245. The second kappa shape index (κ2) is 16.0. The maximum Gasteiger partial charge on any atom is 0.312 e. The maximum atomic E-state index is 15.3. The van der Waals surface area contributed by atoms with Crippen molar-refractivity contribution >= 4 is 11.9 Å². The van der Waals surface area contributed by atoms with E-state index in [1.165, 1.54) is 95.5 Å². The van der Waals surface area contributed by atoms with E-state index in [0.29, 0.717) is 35.0 Å².